The van der Waals surface area contributed by atoms with Crippen LogP contribution in [-0.4, -0.2) is 44.9 Å². The van der Waals surface area contributed by atoms with Crippen molar-refractivity contribution in [2.24, 2.45) is 0 Å². The highest BCUT2D eigenvalue weighted by Crippen LogP contribution is 2.01. The van der Waals surface area contributed by atoms with Crippen LogP contribution in [0.4, 0.5) is 4.32 Å². The molecule has 88 valence electrons. The van der Waals surface area contributed by atoms with Crippen LogP contribution in [0.25, 0.3) is 0 Å². The van der Waals surface area contributed by atoms with Crippen molar-refractivity contribution < 1.29 is 14.4 Å². The van der Waals surface area contributed by atoms with Crippen LogP contribution in [0.1, 0.15) is 0 Å². The number of rotatable bonds is 2. The molecule has 0 atom stereocenters. The SMILES string of the molecule is CS[S+](C)C.CS[S+](C)C.[O-]B([O-])F. The van der Waals surface area contributed by atoms with Crippen molar-refractivity contribution in [2.75, 3.05) is 37.5 Å². The monoisotopic (exact) mass is 280 g/mol. The highest BCUT2D eigenvalue weighted by Gasteiger charge is 1.93. The summed E-state index contributed by atoms with van der Waals surface area (Å²) in [7, 11) is 1.84. The van der Waals surface area contributed by atoms with Crippen molar-refractivity contribution in [1.82, 2.24) is 0 Å². The van der Waals surface area contributed by atoms with Crippen LogP contribution in [0, 0.1) is 0 Å². The van der Waals surface area contributed by atoms with Crippen molar-refractivity contribution in [2.45, 2.75) is 0 Å². The summed E-state index contributed by atoms with van der Waals surface area (Å²) in [4.78, 5) is 0. The second-order valence-electron chi connectivity index (χ2n) is 2.09. The maximum atomic E-state index is 9.89. The Morgan fingerprint density at radius 1 is 0.929 bits per heavy atom. The summed E-state index contributed by atoms with van der Waals surface area (Å²) < 4.78 is 9.89. The normalized spacial score (nSPS) is 8.79. The van der Waals surface area contributed by atoms with Crippen LogP contribution >= 0.6 is 21.6 Å². The third kappa shape index (κ3) is 71.5. The fourth-order valence-corrected chi connectivity index (χ4v) is 0. The van der Waals surface area contributed by atoms with Crippen LogP contribution in [0.2, 0.25) is 0 Å². The zero-order valence-electron chi connectivity index (χ0n) is 9.40. The Bertz CT molecular complexity index is 87.1. The summed E-state index contributed by atoms with van der Waals surface area (Å²) in [6.45, 7) is 0. The highest BCUT2D eigenvalue weighted by molar-refractivity contribution is 8.73. The molecular formula is C6H18BFO2S4. The summed E-state index contributed by atoms with van der Waals surface area (Å²) in [6.07, 6.45) is 13.1. The van der Waals surface area contributed by atoms with Crippen molar-refractivity contribution >= 4 is 48.8 Å². The highest BCUT2D eigenvalue weighted by atomic mass is 33.1. The first-order valence-corrected chi connectivity index (χ1v) is 11.0. The topological polar surface area (TPSA) is 46.1 Å². The molecule has 0 N–H and O–H groups in total. The molecule has 8 heteroatoms. The quantitative estimate of drug-likeness (QED) is 0.404. The molecule has 0 aliphatic heterocycles. The van der Waals surface area contributed by atoms with Gasteiger partial charge in [-0.25, -0.2) is 0 Å². The van der Waals surface area contributed by atoms with Gasteiger partial charge in [-0.2, -0.15) is 0 Å². The Labute approximate surface area is 100 Å². The Balaban J connectivity index is -0.000000131. The van der Waals surface area contributed by atoms with Gasteiger partial charge in [0.15, 0.2) is 0 Å². The second-order valence-corrected chi connectivity index (χ2v) is 11.7. The molecule has 0 aromatic rings. The molecule has 0 heterocycles. The molecule has 0 aliphatic carbocycles. The smallest absolute Gasteiger partial charge is 0.121 e. The molecule has 0 unspecified atom stereocenters. The van der Waals surface area contributed by atoms with E-state index in [0.717, 1.165) is 0 Å². The maximum absolute atomic E-state index is 9.89. The van der Waals surface area contributed by atoms with E-state index in [1.54, 1.807) is 0 Å². The summed E-state index contributed by atoms with van der Waals surface area (Å²) in [5.41, 5.74) is 0. The molecular weight excluding hydrogens is 262 g/mol. The average Bonchev–Trinajstić information content (AvgIpc) is 2.04. The van der Waals surface area contributed by atoms with E-state index in [1.807, 2.05) is 21.6 Å². The zero-order chi connectivity index (χ0) is 12.1. The molecule has 0 radical (unpaired) electrons. The van der Waals surface area contributed by atoms with E-state index in [-0.39, 0.29) is 0 Å². The third-order valence-corrected chi connectivity index (χ3v) is 6.00. The summed E-state index contributed by atoms with van der Waals surface area (Å²) >= 11 is 0. The minimum absolute atomic E-state index is 0.594. The molecule has 0 aromatic heterocycles. The second kappa shape index (κ2) is 16.7. The van der Waals surface area contributed by atoms with Crippen molar-refractivity contribution in [3.05, 3.63) is 0 Å². The van der Waals surface area contributed by atoms with E-state index in [4.69, 9.17) is 10.0 Å². The first-order chi connectivity index (χ1) is 6.27. The van der Waals surface area contributed by atoms with Crippen LogP contribution in [0.5, 0.6) is 0 Å². The molecule has 2 nitrogen and oxygen atoms in total. The summed E-state index contributed by atoms with van der Waals surface area (Å²) in [5.74, 6) is 0. The Kier molecular flexibility index (Phi) is 24.7. The fraction of sp³-hybridized carbons (Fsp3) is 1.00. The minimum atomic E-state index is -3.17. The summed E-state index contributed by atoms with van der Waals surface area (Å²) in [6, 6.07) is 0. The van der Waals surface area contributed by atoms with Gasteiger partial charge in [0, 0.05) is 12.5 Å². The van der Waals surface area contributed by atoms with Gasteiger partial charge in [0.05, 0.1) is 41.4 Å². The van der Waals surface area contributed by atoms with Gasteiger partial charge >= 0.3 is 0 Å². The van der Waals surface area contributed by atoms with Gasteiger partial charge in [0.25, 0.3) is 0 Å². The third-order valence-electron chi connectivity index (χ3n) is 0.667. The van der Waals surface area contributed by atoms with Crippen LogP contribution < -0.4 is 10.0 Å². The molecule has 0 spiro atoms. The van der Waals surface area contributed by atoms with Crippen molar-refractivity contribution in [3.63, 3.8) is 0 Å². The van der Waals surface area contributed by atoms with E-state index in [9.17, 15) is 4.32 Å². The Morgan fingerprint density at radius 2 is 1.00 bits per heavy atom. The van der Waals surface area contributed by atoms with Gasteiger partial charge in [0.1, 0.15) is 32.4 Å². The zero-order valence-corrected chi connectivity index (χ0v) is 12.7. The Hall–Kier alpha value is 1.31. The molecule has 0 saturated carbocycles. The lowest BCUT2D eigenvalue weighted by atomic mass is 10.3. The number of hydrogen-bond acceptors (Lipinski definition) is 4. The van der Waals surface area contributed by atoms with Gasteiger partial charge in [-0.1, -0.05) is 0 Å². The Morgan fingerprint density at radius 3 is 1.00 bits per heavy atom. The summed E-state index contributed by atoms with van der Waals surface area (Å²) in [5, 5.41) is 16.6. The van der Waals surface area contributed by atoms with E-state index in [0.29, 0.717) is 19.9 Å². The van der Waals surface area contributed by atoms with Gasteiger partial charge in [-0.05, 0) is 0 Å². The van der Waals surface area contributed by atoms with E-state index in [1.165, 1.54) is 0 Å². The first-order valence-electron chi connectivity index (χ1n) is 3.47. The predicted octanol–water partition coefficient (Wildman–Crippen LogP) is -0.0540. The lowest BCUT2D eigenvalue weighted by Gasteiger charge is -2.09. The molecule has 0 bridgehead atoms. The lowest BCUT2D eigenvalue weighted by molar-refractivity contribution is -0.366. The van der Waals surface area contributed by atoms with Crippen molar-refractivity contribution in [1.29, 1.82) is 0 Å². The predicted molar refractivity (Wildman–Crippen MR) is 72.3 cm³/mol. The molecule has 0 amide bonds. The molecule has 0 rings (SSSR count). The molecule has 0 saturated heterocycles. The maximum Gasteiger partial charge on any atom is 0.121 e. The van der Waals surface area contributed by atoms with Crippen LogP contribution in [-0.2, 0) is 19.9 Å². The van der Waals surface area contributed by atoms with Gasteiger partial charge in [-0.15, -0.1) is 0 Å². The average molecular weight is 280 g/mol. The minimum Gasteiger partial charge on any atom is -0.867 e. The van der Waals surface area contributed by atoms with Crippen molar-refractivity contribution in [3.8, 4) is 0 Å². The molecule has 0 fully saturated rings. The lowest BCUT2D eigenvalue weighted by Crippen LogP contribution is -2.39. The van der Waals surface area contributed by atoms with Crippen LogP contribution in [0.3, 0.4) is 0 Å². The standard InChI is InChI=1S/2C3H9S2.BFO2/c2*1-4-5(2)3;2-1(3)4/h2*1-3H3;/q2*+1;-2. The van der Waals surface area contributed by atoms with Gasteiger partial charge in [-0.3, -0.25) is 0 Å². The van der Waals surface area contributed by atoms with E-state index in [2.05, 4.69) is 37.5 Å². The molecule has 14 heavy (non-hydrogen) atoms. The fourth-order valence-electron chi connectivity index (χ4n) is 0. The molecule has 0 aliphatic rings. The van der Waals surface area contributed by atoms with Gasteiger partial charge < -0.3 is 14.4 Å². The van der Waals surface area contributed by atoms with Crippen LogP contribution in [0.15, 0.2) is 0 Å². The van der Waals surface area contributed by atoms with E-state index < -0.39 is 7.40 Å². The number of halogens is 1. The van der Waals surface area contributed by atoms with E-state index >= 15 is 0 Å². The first kappa shape index (κ1) is 20.7. The largest absolute Gasteiger partial charge is 0.867 e. The molecule has 0 aromatic carbocycles. The number of hydrogen-bond donors (Lipinski definition) is 0. The van der Waals surface area contributed by atoms with Gasteiger partial charge in [0.2, 0.25) is 0 Å².